The van der Waals surface area contributed by atoms with Gasteiger partial charge < -0.3 is 0 Å². The van der Waals surface area contributed by atoms with E-state index in [1.54, 1.807) is 42.5 Å². The van der Waals surface area contributed by atoms with Gasteiger partial charge in [-0.25, -0.2) is 13.8 Å². The summed E-state index contributed by atoms with van der Waals surface area (Å²) in [5.74, 6) is -0.458. The maximum Gasteiger partial charge on any atom is 0.271 e. The lowest BCUT2D eigenvalue weighted by molar-refractivity contribution is 0.0954. The van der Waals surface area contributed by atoms with Gasteiger partial charge in [0.05, 0.1) is 12.0 Å². The van der Waals surface area contributed by atoms with Crippen LogP contribution in [0.3, 0.4) is 0 Å². The number of nitrogens with one attached hydrogen (secondary N) is 2. The Labute approximate surface area is 158 Å². The summed E-state index contributed by atoms with van der Waals surface area (Å²) in [6.45, 7) is -0.291. The number of carbonyl (C=O) groups is 1. The van der Waals surface area contributed by atoms with Crippen molar-refractivity contribution in [3.05, 3.63) is 69.0 Å². The molecule has 0 bridgehead atoms. The molecule has 2 rings (SSSR count). The van der Waals surface area contributed by atoms with Gasteiger partial charge in [-0.3, -0.25) is 9.52 Å². The maximum absolute atomic E-state index is 12.2. The lowest BCUT2D eigenvalue weighted by Crippen LogP contribution is -2.21. The first-order chi connectivity index (χ1) is 12.3. The quantitative estimate of drug-likeness (QED) is 0.392. The van der Waals surface area contributed by atoms with Crippen LogP contribution in [-0.4, -0.2) is 32.8 Å². The van der Waals surface area contributed by atoms with Crippen LogP contribution in [0.2, 0.25) is 0 Å². The van der Waals surface area contributed by atoms with E-state index in [1.165, 1.54) is 6.07 Å². The zero-order chi connectivity index (χ0) is 19.2. The van der Waals surface area contributed by atoms with E-state index in [2.05, 4.69) is 36.4 Å². The average Bonchev–Trinajstić information content (AvgIpc) is 2.57. The predicted octanol–water partition coefficient (Wildman–Crippen LogP) is 2.72. The van der Waals surface area contributed by atoms with Crippen molar-refractivity contribution >= 4 is 43.3 Å². The lowest BCUT2D eigenvalue weighted by Gasteiger charge is -2.08. The molecule has 0 spiro atoms. The van der Waals surface area contributed by atoms with Crippen molar-refractivity contribution in [1.82, 2.24) is 5.43 Å². The second-order valence-electron chi connectivity index (χ2n) is 5.25. The number of hydrogen-bond acceptors (Lipinski definition) is 6. The van der Waals surface area contributed by atoms with Crippen molar-refractivity contribution in [2.75, 3.05) is 17.5 Å². The average molecular weight is 439 g/mol. The number of anilines is 1. The highest BCUT2D eigenvalue weighted by atomic mass is 79.9. The number of halogens is 1. The van der Waals surface area contributed by atoms with E-state index in [0.717, 1.165) is 10.7 Å². The van der Waals surface area contributed by atoms with Crippen LogP contribution in [0.4, 0.5) is 5.69 Å². The van der Waals surface area contributed by atoms with Gasteiger partial charge in [-0.1, -0.05) is 39.3 Å². The molecule has 0 atom stereocenters. The molecule has 10 heteroatoms. The SMILES string of the molecule is CS(=O)(=O)Nc1cccc(C(CN=O)=NNC(=O)c2cccc(Br)c2)c1. The van der Waals surface area contributed by atoms with Gasteiger partial charge in [0.15, 0.2) is 0 Å². The van der Waals surface area contributed by atoms with E-state index in [9.17, 15) is 18.1 Å². The molecule has 0 saturated heterocycles. The Morgan fingerprint density at radius 2 is 1.81 bits per heavy atom. The molecule has 0 heterocycles. The molecule has 8 nitrogen and oxygen atoms in total. The lowest BCUT2D eigenvalue weighted by atomic mass is 10.1. The summed E-state index contributed by atoms with van der Waals surface area (Å²) in [6, 6.07) is 13.0. The fourth-order valence-electron chi connectivity index (χ4n) is 2.04. The number of amides is 1. The van der Waals surface area contributed by atoms with E-state index >= 15 is 0 Å². The Hall–Kier alpha value is -2.59. The van der Waals surface area contributed by atoms with Crippen LogP contribution in [0, 0.1) is 4.91 Å². The van der Waals surface area contributed by atoms with Crippen molar-refractivity contribution in [3.63, 3.8) is 0 Å². The second-order valence-corrected chi connectivity index (χ2v) is 7.92. The number of rotatable bonds is 7. The summed E-state index contributed by atoms with van der Waals surface area (Å²) in [5, 5.41) is 6.76. The molecule has 2 aromatic rings. The number of hydrazone groups is 1. The van der Waals surface area contributed by atoms with Gasteiger partial charge in [-0.05, 0) is 30.3 Å². The monoisotopic (exact) mass is 438 g/mol. The summed E-state index contributed by atoms with van der Waals surface area (Å²) < 4.78 is 25.7. The number of nitroso groups, excluding NO2 is 1. The maximum atomic E-state index is 12.2. The highest BCUT2D eigenvalue weighted by Gasteiger charge is 2.10. The number of carbonyl (C=O) groups excluding carboxylic acids is 1. The van der Waals surface area contributed by atoms with E-state index < -0.39 is 15.9 Å². The number of nitrogens with zero attached hydrogens (tertiary/aromatic N) is 2. The summed E-state index contributed by atoms with van der Waals surface area (Å²) in [4.78, 5) is 22.9. The van der Waals surface area contributed by atoms with Crippen LogP contribution < -0.4 is 10.1 Å². The molecule has 0 unspecified atom stereocenters. The minimum absolute atomic E-state index is 0.195. The molecule has 136 valence electrons. The van der Waals surface area contributed by atoms with Crippen molar-refractivity contribution in [3.8, 4) is 0 Å². The first-order valence-electron chi connectivity index (χ1n) is 7.28. The first kappa shape index (κ1) is 19.7. The van der Waals surface area contributed by atoms with Crippen molar-refractivity contribution < 1.29 is 13.2 Å². The minimum Gasteiger partial charge on any atom is -0.284 e. The number of sulfonamides is 1. The molecule has 1 amide bonds. The Morgan fingerprint density at radius 3 is 2.46 bits per heavy atom. The highest BCUT2D eigenvalue weighted by Crippen LogP contribution is 2.14. The standard InChI is InChI=1S/C16H15BrN4O4S/c1-26(24,25)21-14-7-3-4-11(9-14)15(10-18-23)19-20-16(22)12-5-2-6-13(17)8-12/h2-9,21H,10H2,1H3,(H,20,22). The summed E-state index contributed by atoms with van der Waals surface area (Å²) in [6.07, 6.45) is 1.03. The zero-order valence-corrected chi connectivity index (χ0v) is 16.0. The molecule has 0 fully saturated rings. The van der Waals surface area contributed by atoms with Crippen LogP contribution in [0.15, 0.2) is 63.3 Å². The van der Waals surface area contributed by atoms with E-state index in [-0.39, 0.29) is 12.3 Å². The molecule has 0 aromatic heterocycles. The minimum atomic E-state index is -3.45. The summed E-state index contributed by atoms with van der Waals surface area (Å²) in [5.41, 5.74) is 3.71. The molecule has 0 saturated carbocycles. The summed E-state index contributed by atoms with van der Waals surface area (Å²) in [7, 11) is -3.45. The van der Waals surface area contributed by atoms with Gasteiger partial charge in [-0.2, -0.15) is 10.0 Å². The Morgan fingerprint density at radius 1 is 1.12 bits per heavy atom. The summed E-state index contributed by atoms with van der Waals surface area (Å²) >= 11 is 3.28. The van der Waals surface area contributed by atoms with Crippen molar-refractivity contribution in [2.45, 2.75) is 0 Å². The third-order valence-electron chi connectivity index (χ3n) is 3.09. The fraction of sp³-hybridized carbons (Fsp3) is 0.125. The smallest absolute Gasteiger partial charge is 0.271 e. The van der Waals surface area contributed by atoms with Gasteiger partial charge in [0.1, 0.15) is 6.54 Å². The second kappa shape index (κ2) is 8.68. The van der Waals surface area contributed by atoms with E-state index in [4.69, 9.17) is 0 Å². The van der Waals surface area contributed by atoms with Crippen LogP contribution in [0.25, 0.3) is 0 Å². The third-order valence-corrected chi connectivity index (χ3v) is 4.19. The van der Waals surface area contributed by atoms with Gasteiger partial charge in [0, 0.05) is 21.3 Å². The molecule has 26 heavy (non-hydrogen) atoms. The third kappa shape index (κ3) is 6.05. The Bertz CT molecular complexity index is 960. The molecule has 2 N–H and O–H groups in total. The Balaban J connectivity index is 2.25. The zero-order valence-electron chi connectivity index (χ0n) is 13.6. The van der Waals surface area contributed by atoms with Crippen LogP contribution in [-0.2, 0) is 10.0 Å². The van der Waals surface area contributed by atoms with Crippen molar-refractivity contribution in [1.29, 1.82) is 0 Å². The molecule has 0 aliphatic carbocycles. The van der Waals surface area contributed by atoms with Crippen molar-refractivity contribution in [2.24, 2.45) is 10.3 Å². The van der Waals surface area contributed by atoms with E-state index in [1.807, 2.05) is 0 Å². The highest BCUT2D eigenvalue weighted by molar-refractivity contribution is 9.10. The molecule has 2 aromatic carbocycles. The van der Waals surface area contributed by atoms with Crippen LogP contribution in [0.1, 0.15) is 15.9 Å². The van der Waals surface area contributed by atoms with Crippen LogP contribution >= 0.6 is 15.9 Å². The Kier molecular flexibility index (Phi) is 6.58. The van der Waals surface area contributed by atoms with Gasteiger partial charge in [-0.15, -0.1) is 0 Å². The largest absolute Gasteiger partial charge is 0.284 e. The molecule has 0 aliphatic heterocycles. The normalized spacial score (nSPS) is 11.7. The van der Waals surface area contributed by atoms with Crippen LogP contribution in [0.5, 0.6) is 0 Å². The topological polar surface area (TPSA) is 117 Å². The fourth-order valence-corrected chi connectivity index (χ4v) is 3.00. The molecular formula is C16H15BrN4O4S. The number of hydrogen-bond donors (Lipinski definition) is 2. The molecule has 0 aliphatic rings. The first-order valence-corrected chi connectivity index (χ1v) is 9.97. The number of benzene rings is 2. The van der Waals surface area contributed by atoms with Gasteiger partial charge >= 0.3 is 0 Å². The van der Waals surface area contributed by atoms with Gasteiger partial charge in [0.25, 0.3) is 5.91 Å². The predicted molar refractivity (Wildman–Crippen MR) is 104 cm³/mol. The van der Waals surface area contributed by atoms with Gasteiger partial charge in [0.2, 0.25) is 10.0 Å². The van der Waals surface area contributed by atoms with E-state index in [0.29, 0.717) is 16.8 Å². The molecular weight excluding hydrogens is 424 g/mol. The molecule has 0 radical (unpaired) electrons.